The number of fused-ring (bicyclic) bond motifs is 3. The maximum absolute atomic E-state index is 13.2. The number of ether oxygens (including phenoxy) is 2. The SMILES string of the molecule is CC(C)(O)c1ccc(-c2cn3c4c(nc3cn2)[C@@H](OCC(N)=O)C[C@H]4c2cc(Cl)ccc2OC(F)F)cn1. The summed E-state index contributed by atoms with van der Waals surface area (Å²) in [5.41, 5.74) is 8.10. The number of amides is 1. The minimum absolute atomic E-state index is 0.0217. The summed E-state index contributed by atoms with van der Waals surface area (Å²) in [5.74, 6) is -1.17. The van der Waals surface area contributed by atoms with Crippen LogP contribution < -0.4 is 10.5 Å². The van der Waals surface area contributed by atoms with Crippen molar-refractivity contribution in [2.24, 2.45) is 5.73 Å². The first-order chi connectivity index (χ1) is 18.0. The molecule has 4 aromatic rings. The maximum atomic E-state index is 13.2. The molecule has 0 fully saturated rings. The normalized spacial score (nSPS) is 17.2. The van der Waals surface area contributed by atoms with E-state index in [1.54, 1.807) is 50.6 Å². The molecule has 0 saturated heterocycles. The quantitative estimate of drug-likeness (QED) is 0.338. The van der Waals surface area contributed by atoms with Crippen LogP contribution in [-0.2, 0) is 15.1 Å². The molecular formula is C26H24ClF2N5O4. The van der Waals surface area contributed by atoms with Crippen LogP contribution in [0, 0.1) is 0 Å². The highest BCUT2D eigenvalue weighted by atomic mass is 35.5. The molecule has 1 aromatic carbocycles. The summed E-state index contributed by atoms with van der Waals surface area (Å²) in [6.45, 7) is -0.0710. The third-order valence-corrected chi connectivity index (χ3v) is 6.57. The van der Waals surface area contributed by atoms with Crippen LogP contribution in [0.1, 0.15) is 54.9 Å². The Labute approximate surface area is 221 Å². The van der Waals surface area contributed by atoms with Crippen molar-refractivity contribution in [2.75, 3.05) is 6.61 Å². The number of aliphatic hydroxyl groups is 1. The number of nitrogens with two attached hydrogens (primary N) is 1. The molecule has 9 nitrogen and oxygen atoms in total. The van der Waals surface area contributed by atoms with Crippen LogP contribution in [-0.4, -0.2) is 43.6 Å². The number of alkyl halides is 2. The molecule has 3 heterocycles. The zero-order valence-corrected chi connectivity index (χ0v) is 21.2. The Hall–Kier alpha value is -3.67. The summed E-state index contributed by atoms with van der Waals surface area (Å²) in [4.78, 5) is 24.9. The number of rotatable bonds is 8. The van der Waals surface area contributed by atoms with Crippen LogP contribution in [0.4, 0.5) is 8.78 Å². The fourth-order valence-corrected chi connectivity index (χ4v) is 4.85. The summed E-state index contributed by atoms with van der Waals surface area (Å²) >= 11 is 6.25. The highest BCUT2D eigenvalue weighted by molar-refractivity contribution is 6.30. The largest absolute Gasteiger partial charge is 0.435 e. The van der Waals surface area contributed by atoms with Gasteiger partial charge >= 0.3 is 6.61 Å². The van der Waals surface area contributed by atoms with Crippen LogP contribution in [0.5, 0.6) is 5.75 Å². The summed E-state index contributed by atoms with van der Waals surface area (Å²) < 4.78 is 38.8. The number of aromatic nitrogens is 4. The summed E-state index contributed by atoms with van der Waals surface area (Å²) in [7, 11) is 0. The lowest BCUT2D eigenvalue weighted by atomic mass is 9.95. The molecule has 0 aliphatic heterocycles. The molecule has 1 aliphatic rings. The average molecular weight is 544 g/mol. The lowest BCUT2D eigenvalue weighted by Gasteiger charge is -2.19. The molecule has 0 bridgehead atoms. The molecule has 38 heavy (non-hydrogen) atoms. The Morgan fingerprint density at radius 1 is 1.26 bits per heavy atom. The zero-order chi connectivity index (χ0) is 27.2. The third-order valence-electron chi connectivity index (χ3n) is 6.34. The van der Waals surface area contributed by atoms with E-state index >= 15 is 0 Å². The van der Waals surface area contributed by atoms with Gasteiger partial charge in [0.15, 0.2) is 5.65 Å². The van der Waals surface area contributed by atoms with E-state index in [9.17, 15) is 18.7 Å². The second-order valence-electron chi connectivity index (χ2n) is 9.49. The van der Waals surface area contributed by atoms with Crippen molar-refractivity contribution in [3.63, 3.8) is 0 Å². The predicted molar refractivity (Wildman–Crippen MR) is 134 cm³/mol. The van der Waals surface area contributed by atoms with E-state index in [0.29, 0.717) is 51.0 Å². The Balaban J connectivity index is 1.63. The first-order valence-corrected chi connectivity index (χ1v) is 12.1. The van der Waals surface area contributed by atoms with Crippen molar-refractivity contribution in [2.45, 2.75) is 44.5 Å². The van der Waals surface area contributed by atoms with Gasteiger partial charge in [-0.3, -0.25) is 19.2 Å². The van der Waals surface area contributed by atoms with Crippen LogP contribution in [0.3, 0.4) is 0 Å². The first-order valence-electron chi connectivity index (χ1n) is 11.7. The smallest absolute Gasteiger partial charge is 0.387 e. The third kappa shape index (κ3) is 5.04. The maximum Gasteiger partial charge on any atom is 0.387 e. The number of imidazole rings is 1. The van der Waals surface area contributed by atoms with E-state index in [0.717, 1.165) is 0 Å². The van der Waals surface area contributed by atoms with Gasteiger partial charge in [0, 0.05) is 34.5 Å². The topological polar surface area (TPSA) is 125 Å². The molecule has 0 saturated carbocycles. The highest BCUT2D eigenvalue weighted by Gasteiger charge is 2.39. The van der Waals surface area contributed by atoms with Gasteiger partial charge in [-0.2, -0.15) is 8.78 Å². The molecular weight excluding hydrogens is 520 g/mol. The number of carbonyl (C=O) groups is 1. The van der Waals surface area contributed by atoms with Gasteiger partial charge in [0.1, 0.15) is 24.1 Å². The number of pyridine rings is 1. The molecule has 1 aliphatic carbocycles. The molecule has 3 N–H and O–H groups in total. The number of primary amides is 1. The lowest BCUT2D eigenvalue weighted by molar-refractivity contribution is -0.124. The van der Waals surface area contributed by atoms with Crippen LogP contribution >= 0.6 is 11.6 Å². The highest BCUT2D eigenvalue weighted by Crippen LogP contribution is 2.49. The number of hydrogen-bond donors (Lipinski definition) is 2. The Bertz CT molecular complexity index is 1500. The summed E-state index contributed by atoms with van der Waals surface area (Å²) in [6, 6.07) is 7.96. The van der Waals surface area contributed by atoms with Gasteiger partial charge < -0.3 is 20.3 Å². The predicted octanol–water partition coefficient (Wildman–Crippen LogP) is 4.35. The van der Waals surface area contributed by atoms with E-state index in [-0.39, 0.29) is 12.4 Å². The van der Waals surface area contributed by atoms with E-state index in [1.807, 2.05) is 4.40 Å². The van der Waals surface area contributed by atoms with Crippen molar-refractivity contribution in [3.05, 3.63) is 76.6 Å². The van der Waals surface area contributed by atoms with E-state index < -0.39 is 30.1 Å². The number of halogens is 3. The van der Waals surface area contributed by atoms with Crippen molar-refractivity contribution in [1.29, 1.82) is 0 Å². The molecule has 3 aromatic heterocycles. The van der Waals surface area contributed by atoms with Gasteiger partial charge in [0.05, 0.1) is 29.0 Å². The number of benzene rings is 1. The summed E-state index contributed by atoms with van der Waals surface area (Å²) in [6.07, 6.45) is 4.63. The first kappa shape index (κ1) is 26.0. The van der Waals surface area contributed by atoms with Crippen molar-refractivity contribution < 1.29 is 28.2 Å². The second kappa shape index (κ2) is 9.90. The molecule has 1 amide bonds. The molecule has 0 radical (unpaired) electrons. The Morgan fingerprint density at radius 2 is 2.05 bits per heavy atom. The monoisotopic (exact) mass is 543 g/mol. The standard InChI is InChI=1S/C26H24ClF2N5O4/c1-26(2,36)20-6-3-13(9-32-20)17-11-34-22(10-31-17)33-23-19(37-12-21(30)35)8-16(24(23)34)15-7-14(27)4-5-18(15)38-25(28)29/h3-7,9-11,16,19,25,36H,8,12H2,1-2H3,(H2,30,35)/t16-,19-/m0/s1. The summed E-state index contributed by atoms with van der Waals surface area (Å²) in [5, 5.41) is 10.6. The molecule has 12 heteroatoms. The van der Waals surface area contributed by atoms with Gasteiger partial charge in [0.2, 0.25) is 5.91 Å². The van der Waals surface area contributed by atoms with Gasteiger partial charge in [0.25, 0.3) is 0 Å². The molecule has 0 unspecified atom stereocenters. The number of hydrogen-bond acceptors (Lipinski definition) is 7. The number of carbonyl (C=O) groups excluding carboxylic acids is 1. The fourth-order valence-electron chi connectivity index (χ4n) is 4.67. The second-order valence-corrected chi connectivity index (χ2v) is 9.93. The molecule has 0 spiro atoms. The average Bonchev–Trinajstić information content (AvgIpc) is 3.40. The van der Waals surface area contributed by atoms with Gasteiger partial charge in [-0.15, -0.1) is 0 Å². The van der Waals surface area contributed by atoms with Crippen LogP contribution in [0.15, 0.2) is 48.9 Å². The van der Waals surface area contributed by atoms with E-state index in [2.05, 4.69) is 15.0 Å². The Kier molecular flexibility index (Phi) is 6.76. The van der Waals surface area contributed by atoms with Crippen LogP contribution in [0.25, 0.3) is 16.9 Å². The zero-order valence-electron chi connectivity index (χ0n) is 20.4. The van der Waals surface area contributed by atoms with Gasteiger partial charge in [-0.1, -0.05) is 11.6 Å². The van der Waals surface area contributed by atoms with Gasteiger partial charge in [-0.25, -0.2) is 4.98 Å². The van der Waals surface area contributed by atoms with Crippen molar-refractivity contribution in [1.82, 2.24) is 19.4 Å². The minimum atomic E-state index is -3.03. The number of nitrogens with zero attached hydrogens (tertiary/aromatic N) is 4. The Morgan fingerprint density at radius 3 is 2.71 bits per heavy atom. The van der Waals surface area contributed by atoms with Gasteiger partial charge in [-0.05, 0) is 50.6 Å². The molecule has 2 atom stereocenters. The molecule has 198 valence electrons. The van der Waals surface area contributed by atoms with Crippen molar-refractivity contribution in [3.8, 4) is 17.0 Å². The lowest BCUT2D eigenvalue weighted by Crippen LogP contribution is -2.19. The fraction of sp³-hybridized carbons (Fsp3) is 0.308. The van der Waals surface area contributed by atoms with E-state index in [4.69, 9.17) is 26.8 Å². The minimum Gasteiger partial charge on any atom is -0.435 e. The van der Waals surface area contributed by atoms with Crippen LogP contribution in [0.2, 0.25) is 5.02 Å². The van der Waals surface area contributed by atoms with E-state index in [1.165, 1.54) is 12.1 Å². The van der Waals surface area contributed by atoms with Crippen molar-refractivity contribution >= 4 is 23.2 Å². The molecule has 5 rings (SSSR count).